The van der Waals surface area contributed by atoms with Crippen molar-refractivity contribution in [2.45, 2.75) is 45.7 Å². The number of nitro benzene ring substituents is 1. The molecule has 2 aromatic rings. The highest BCUT2D eigenvalue weighted by molar-refractivity contribution is 7.92. The summed E-state index contributed by atoms with van der Waals surface area (Å²) in [4.78, 5) is 38.5. The first-order chi connectivity index (χ1) is 17.4. The van der Waals surface area contributed by atoms with Gasteiger partial charge >= 0.3 is 0 Å². The second-order valence-corrected chi connectivity index (χ2v) is 11.1. The molecular weight excluding hydrogens is 543 g/mol. The maximum atomic E-state index is 13.6. The van der Waals surface area contributed by atoms with Crippen molar-refractivity contribution in [2.75, 3.05) is 23.7 Å². The molecule has 0 aromatic heterocycles. The topological polar surface area (TPSA) is 130 Å². The minimum Gasteiger partial charge on any atom is -0.354 e. The van der Waals surface area contributed by atoms with Gasteiger partial charge in [-0.25, -0.2) is 8.42 Å². The van der Waals surface area contributed by atoms with E-state index in [4.69, 9.17) is 23.2 Å². The molecule has 0 spiro atoms. The normalized spacial score (nSPS) is 12.0. The standard InChI is InChI=1S/C24H30Cl2N4O6S/c1-4-6-12-27-24(32)22(5-2)28(15-17-10-11-18(25)13-21(17)26)23(31)16-29(37(3,35)36)19-8-7-9-20(14-19)30(33)34/h7-11,13-14,22H,4-6,12,15-16H2,1-3H3,(H,27,32)/t22-/m1/s1. The Labute approximate surface area is 226 Å². The Balaban J connectivity index is 2.48. The number of anilines is 1. The van der Waals surface area contributed by atoms with Crippen LogP contribution in [0.25, 0.3) is 0 Å². The largest absolute Gasteiger partial charge is 0.354 e. The molecule has 0 bridgehead atoms. The smallest absolute Gasteiger partial charge is 0.271 e. The summed E-state index contributed by atoms with van der Waals surface area (Å²) in [5, 5.41) is 14.7. The van der Waals surface area contributed by atoms with Gasteiger partial charge in [-0.1, -0.05) is 55.6 Å². The Kier molecular flexibility index (Phi) is 11.1. The fourth-order valence-corrected chi connectivity index (χ4v) is 4.94. The van der Waals surface area contributed by atoms with Gasteiger partial charge in [0.2, 0.25) is 21.8 Å². The molecule has 0 aliphatic heterocycles. The summed E-state index contributed by atoms with van der Waals surface area (Å²) in [6.45, 7) is 3.39. The minimum absolute atomic E-state index is 0.0463. The van der Waals surface area contributed by atoms with E-state index in [0.29, 0.717) is 17.1 Å². The van der Waals surface area contributed by atoms with Gasteiger partial charge in [-0.15, -0.1) is 0 Å². The quantitative estimate of drug-likeness (QED) is 0.215. The summed E-state index contributed by atoms with van der Waals surface area (Å²) in [6.07, 6.45) is 2.78. The van der Waals surface area contributed by atoms with E-state index in [1.165, 1.54) is 29.2 Å². The molecule has 202 valence electrons. The van der Waals surface area contributed by atoms with E-state index in [9.17, 15) is 28.1 Å². The van der Waals surface area contributed by atoms with Crippen LogP contribution in [0.4, 0.5) is 11.4 Å². The molecular formula is C24H30Cl2N4O6S. The fraction of sp³-hybridized carbons (Fsp3) is 0.417. The number of non-ortho nitro benzene ring substituents is 1. The van der Waals surface area contributed by atoms with Crippen LogP contribution < -0.4 is 9.62 Å². The Morgan fingerprint density at radius 2 is 1.84 bits per heavy atom. The maximum absolute atomic E-state index is 13.6. The summed E-state index contributed by atoms with van der Waals surface area (Å²) < 4.78 is 26.1. The van der Waals surface area contributed by atoms with Crippen molar-refractivity contribution in [2.24, 2.45) is 0 Å². The van der Waals surface area contributed by atoms with Crippen LogP contribution in [0.1, 0.15) is 38.7 Å². The highest BCUT2D eigenvalue weighted by Gasteiger charge is 2.32. The first-order valence-electron chi connectivity index (χ1n) is 11.6. The lowest BCUT2D eigenvalue weighted by Gasteiger charge is -2.33. The van der Waals surface area contributed by atoms with Gasteiger partial charge in [-0.3, -0.25) is 24.0 Å². The third-order valence-corrected chi connectivity index (χ3v) is 7.31. The van der Waals surface area contributed by atoms with Crippen LogP contribution in [0.3, 0.4) is 0 Å². The number of nitro groups is 1. The monoisotopic (exact) mass is 572 g/mol. The van der Waals surface area contributed by atoms with E-state index < -0.39 is 33.4 Å². The highest BCUT2D eigenvalue weighted by atomic mass is 35.5. The molecule has 37 heavy (non-hydrogen) atoms. The highest BCUT2D eigenvalue weighted by Crippen LogP contribution is 2.26. The summed E-state index contributed by atoms with van der Waals surface area (Å²) in [6, 6.07) is 8.80. The molecule has 2 rings (SSSR count). The maximum Gasteiger partial charge on any atom is 0.271 e. The molecule has 13 heteroatoms. The van der Waals surface area contributed by atoms with Crippen molar-refractivity contribution < 1.29 is 22.9 Å². The number of hydrogen-bond acceptors (Lipinski definition) is 6. The second-order valence-electron chi connectivity index (χ2n) is 8.37. The third kappa shape index (κ3) is 8.58. The van der Waals surface area contributed by atoms with Gasteiger partial charge in [0, 0.05) is 35.3 Å². The van der Waals surface area contributed by atoms with Gasteiger partial charge < -0.3 is 10.2 Å². The van der Waals surface area contributed by atoms with E-state index in [0.717, 1.165) is 29.5 Å². The molecule has 1 N–H and O–H groups in total. The molecule has 10 nitrogen and oxygen atoms in total. The van der Waals surface area contributed by atoms with Gasteiger partial charge in [0.05, 0.1) is 16.9 Å². The van der Waals surface area contributed by atoms with Crippen LogP contribution >= 0.6 is 23.2 Å². The van der Waals surface area contributed by atoms with Crippen molar-refractivity contribution in [3.63, 3.8) is 0 Å². The van der Waals surface area contributed by atoms with Crippen LogP contribution in [-0.2, 0) is 26.2 Å². The third-order valence-electron chi connectivity index (χ3n) is 5.58. The number of nitrogens with zero attached hydrogens (tertiary/aromatic N) is 3. The van der Waals surface area contributed by atoms with Crippen LogP contribution in [0.15, 0.2) is 42.5 Å². The molecule has 0 heterocycles. The Morgan fingerprint density at radius 3 is 2.41 bits per heavy atom. The van der Waals surface area contributed by atoms with E-state index in [1.54, 1.807) is 19.1 Å². The van der Waals surface area contributed by atoms with Gasteiger partial charge in [0.1, 0.15) is 12.6 Å². The number of amides is 2. The zero-order chi connectivity index (χ0) is 27.8. The number of unbranched alkanes of at least 4 members (excludes halogenated alkanes) is 1. The Hall–Kier alpha value is -2.89. The average molecular weight is 573 g/mol. The number of nitrogens with one attached hydrogen (secondary N) is 1. The fourth-order valence-electron chi connectivity index (χ4n) is 3.63. The van der Waals surface area contributed by atoms with Crippen LogP contribution in [0, 0.1) is 10.1 Å². The molecule has 1 atom stereocenters. The molecule has 0 aliphatic rings. The first-order valence-corrected chi connectivity index (χ1v) is 14.2. The molecule has 2 amide bonds. The zero-order valence-electron chi connectivity index (χ0n) is 20.8. The summed E-state index contributed by atoms with van der Waals surface area (Å²) >= 11 is 12.3. The van der Waals surface area contributed by atoms with Crippen LogP contribution in [-0.4, -0.2) is 55.4 Å². The summed E-state index contributed by atoms with van der Waals surface area (Å²) in [5.74, 6) is -1.06. The van der Waals surface area contributed by atoms with Crippen molar-refractivity contribution in [1.82, 2.24) is 10.2 Å². The predicted molar refractivity (Wildman–Crippen MR) is 144 cm³/mol. The minimum atomic E-state index is -4.03. The first kappa shape index (κ1) is 30.3. The lowest BCUT2D eigenvalue weighted by molar-refractivity contribution is -0.384. The number of carbonyl (C=O) groups is 2. The Morgan fingerprint density at radius 1 is 1.14 bits per heavy atom. The number of hydrogen-bond donors (Lipinski definition) is 1. The molecule has 0 fully saturated rings. The van der Waals surface area contributed by atoms with Crippen molar-refractivity contribution >= 4 is 56.4 Å². The van der Waals surface area contributed by atoms with E-state index in [-0.39, 0.29) is 35.3 Å². The molecule has 0 saturated heterocycles. The summed E-state index contributed by atoms with van der Waals surface area (Å²) in [7, 11) is -4.03. The van der Waals surface area contributed by atoms with Gasteiger partial charge in [-0.05, 0) is 36.6 Å². The SMILES string of the molecule is CCCCNC(=O)[C@@H](CC)N(Cc1ccc(Cl)cc1Cl)C(=O)CN(c1cccc([N+](=O)[O-])c1)S(C)(=O)=O. The van der Waals surface area contributed by atoms with E-state index in [1.807, 2.05) is 6.92 Å². The van der Waals surface area contributed by atoms with E-state index >= 15 is 0 Å². The van der Waals surface area contributed by atoms with Gasteiger partial charge in [0.15, 0.2) is 0 Å². The number of rotatable bonds is 13. The van der Waals surface area contributed by atoms with Crippen molar-refractivity contribution in [1.29, 1.82) is 0 Å². The molecule has 0 saturated carbocycles. The number of carbonyl (C=O) groups excluding carboxylic acids is 2. The van der Waals surface area contributed by atoms with Crippen LogP contribution in [0.5, 0.6) is 0 Å². The van der Waals surface area contributed by atoms with Crippen LogP contribution in [0.2, 0.25) is 10.0 Å². The lowest BCUT2D eigenvalue weighted by Crippen LogP contribution is -2.52. The predicted octanol–water partition coefficient (Wildman–Crippen LogP) is 4.39. The molecule has 0 aliphatic carbocycles. The second kappa shape index (κ2) is 13.6. The van der Waals surface area contributed by atoms with Crippen molar-refractivity contribution in [3.8, 4) is 0 Å². The van der Waals surface area contributed by atoms with Gasteiger partial charge in [0.25, 0.3) is 5.69 Å². The number of halogens is 2. The average Bonchev–Trinajstić information content (AvgIpc) is 2.83. The number of sulfonamides is 1. The number of benzene rings is 2. The van der Waals surface area contributed by atoms with E-state index in [2.05, 4.69) is 5.32 Å². The van der Waals surface area contributed by atoms with Gasteiger partial charge in [-0.2, -0.15) is 0 Å². The molecule has 0 unspecified atom stereocenters. The van der Waals surface area contributed by atoms with Crippen molar-refractivity contribution in [3.05, 3.63) is 68.2 Å². The lowest BCUT2D eigenvalue weighted by atomic mass is 10.1. The molecule has 2 aromatic carbocycles. The summed E-state index contributed by atoms with van der Waals surface area (Å²) in [5.41, 5.74) is 0.139. The zero-order valence-corrected chi connectivity index (χ0v) is 23.1. The molecule has 0 radical (unpaired) electrons. The Bertz CT molecular complexity index is 1240.